The van der Waals surface area contributed by atoms with Gasteiger partial charge in [-0.15, -0.1) is 0 Å². The zero-order chi connectivity index (χ0) is 18.8. The lowest BCUT2D eigenvalue weighted by atomic mass is 10.1. The number of nitrogens with one attached hydrogen (secondary N) is 1. The van der Waals surface area contributed by atoms with E-state index in [0.29, 0.717) is 18.0 Å². The Labute approximate surface area is 148 Å². The van der Waals surface area contributed by atoms with Crippen LogP contribution in [0, 0.1) is 0 Å². The lowest BCUT2D eigenvalue weighted by molar-refractivity contribution is -0.131. The monoisotopic (exact) mass is 354 g/mol. The summed E-state index contributed by atoms with van der Waals surface area (Å²) in [5, 5.41) is 8.67. The first-order valence-corrected chi connectivity index (χ1v) is 8.13. The van der Waals surface area contributed by atoms with E-state index >= 15 is 0 Å². The molecule has 0 saturated heterocycles. The van der Waals surface area contributed by atoms with Crippen molar-refractivity contribution >= 4 is 23.2 Å². The molecule has 0 spiro atoms. The van der Waals surface area contributed by atoms with Gasteiger partial charge in [-0.3, -0.25) is 13.9 Å². The molecule has 0 amide bonds. The molecule has 8 heteroatoms. The van der Waals surface area contributed by atoms with Gasteiger partial charge in [0.1, 0.15) is 11.3 Å². The summed E-state index contributed by atoms with van der Waals surface area (Å²) in [6, 6.07) is 7.04. The van der Waals surface area contributed by atoms with Gasteiger partial charge in [0.25, 0.3) is 5.56 Å². The van der Waals surface area contributed by atoms with E-state index < -0.39 is 17.2 Å². The largest absolute Gasteiger partial charge is 0.478 e. The van der Waals surface area contributed by atoms with Gasteiger partial charge in [-0.05, 0) is 18.1 Å². The van der Waals surface area contributed by atoms with E-state index in [2.05, 4.69) is 9.97 Å². The van der Waals surface area contributed by atoms with Crippen molar-refractivity contribution in [3.05, 3.63) is 56.7 Å². The molecule has 3 rings (SSSR count). The lowest BCUT2D eigenvalue weighted by Crippen LogP contribution is -2.38. The SMILES string of the molecule is CCCn1c(=O)n(C)c(=O)c2[nH]c(-c3ccc(C=CC(=O)O)cc3)nc21. The number of aromatic amines is 1. The minimum absolute atomic E-state index is 0.283. The Morgan fingerprint density at radius 1 is 1.27 bits per heavy atom. The quantitative estimate of drug-likeness (QED) is 0.676. The predicted octanol–water partition coefficient (Wildman–Crippen LogP) is 1.60. The number of imidazole rings is 1. The number of nitrogens with zero attached hydrogens (tertiary/aromatic N) is 3. The number of benzene rings is 1. The van der Waals surface area contributed by atoms with Gasteiger partial charge in [0.2, 0.25) is 0 Å². The number of H-pyrrole nitrogens is 1. The molecular weight excluding hydrogens is 336 g/mol. The van der Waals surface area contributed by atoms with Crippen LogP contribution >= 0.6 is 0 Å². The van der Waals surface area contributed by atoms with Crippen LogP contribution in [-0.2, 0) is 18.4 Å². The number of aryl methyl sites for hydroxylation is 1. The van der Waals surface area contributed by atoms with Crippen LogP contribution in [0.15, 0.2) is 39.9 Å². The molecule has 0 unspecified atom stereocenters. The highest BCUT2D eigenvalue weighted by molar-refractivity contribution is 5.85. The summed E-state index contributed by atoms with van der Waals surface area (Å²) in [7, 11) is 1.44. The van der Waals surface area contributed by atoms with Gasteiger partial charge in [0, 0.05) is 25.2 Å². The summed E-state index contributed by atoms with van der Waals surface area (Å²) in [5.41, 5.74) is 1.26. The van der Waals surface area contributed by atoms with E-state index in [0.717, 1.165) is 28.2 Å². The van der Waals surface area contributed by atoms with Gasteiger partial charge in [0.05, 0.1) is 0 Å². The number of rotatable bonds is 5. The van der Waals surface area contributed by atoms with Crippen molar-refractivity contribution in [3.63, 3.8) is 0 Å². The summed E-state index contributed by atoms with van der Waals surface area (Å²) in [4.78, 5) is 42.7. The zero-order valence-electron chi connectivity index (χ0n) is 14.4. The number of carboxylic acid groups (broad SMARTS) is 1. The molecule has 0 aliphatic rings. The molecule has 134 valence electrons. The second-order valence-corrected chi connectivity index (χ2v) is 5.88. The second kappa shape index (κ2) is 6.83. The van der Waals surface area contributed by atoms with Crippen molar-refractivity contribution in [2.75, 3.05) is 0 Å². The lowest BCUT2D eigenvalue weighted by Gasteiger charge is -2.06. The van der Waals surface area contributed by atoms with Gasteiger partial charge in [0.15, 0.2) is 5.65 Å². The number of fused-ring (bicyclic) bond motifs is 1. The maximum atomic E-state index is 12.4. The molecule has 0 aliphatic heterocycles. The van der Waals surface area contributed by atoms with Crippen LogP contribution in [0.2, 0.25) is 0 Å². The molecule has 0 bridgehead atoms. The third kappa shape index (κ3) is 3.08. The minimum atomic E-state index is -1.02. The number of aromatic nitrogens is 4. The van der Waals surface area contributed by atoms with E-state index in [1.165, 1.54) is 17.7 Å². The van der Waals surface area contributed by atoms with Crippen molar-refractivity contribution in [2.45, 2.75) is 19.9 Å². The standard InChI is InChI=1S/C18H18N4O4/c1-3-10-22-16-14(17(25)21(2)18(22)26)19-15(20-16)12-7-4-11(5-8-12)6-9-13(23)24/h4-9H,3,10H2,1-2H3,(H,19,20)(H,23,24). The van der Waals surface area contributed by atoms with Crippen LogP contribution in [0.5, 0.6) is 0 Å². The Hall–Kier alpha value is -3.42. The van der Waals surface area contributed by atoms with E-state index in [9.17, 15) is 14.4 Å². The molecule has 0 radical (unpaired) electrons. The fraction of sp³-hybridized carbons (Fsp3) is 0.222. The van der Waals surface area contributed by atoms with Crippen molar-refractivity contribution in [1.29, 1.82) is 0 Å². The number of carbonyl (C=O) groups is 1. The average Bonchev–Trinajstić information content (AvgIpc) is 3.07. The Morgan fingerprint density at radius 2 is 1.96 bits per heavy atom. The highest BCUT2D eigenvalue weighted by atomic mass is 16.4. The fourth-order valence-corrected chi connectivity index (χ4v) is 2.72. The number of aliphatic carboxylic acids is 1. The minimum Gasteiger partial charge on any atom is -0.478 e. The summed E-state index contributed by atoms with van der Waals surface area (Å²) in [6.45, 7) is 2.41. The van der Waals surface area contributed by atoms with Crippen LogP contribution < -0.4 is 11.2 Å². The first-order valence-electron chi connectivity index (χ1n) is 8.13. The molecule has 0 aliphatic carbocycles. The summed E-state index contributed by atoms with van der Waals surface area (Å²) in [5.74, 6) is -0.544. The molecule has 0 atom stereocenters. The first-order chi connectivity index (χ1) is 12.4. The van der Waals surface area contributed by atoms with E-state index in [1.54, 1.807) is 24.3 Å². The number of hydrogen-bond donors (Lipinski definition) is 2. The van der Waals surface area contributed by atoms with Crippen molar-refractivity contribution in [1.82, 2.24) is 19.1 Å². The van der Waals surface area contributed by atoms with E-state index in [1.807, 2.05) is 6.92 Å². The van der Waals surface area contributed by atoms with Crippen molar-refractivity contribution in [2.24, 2.45) is 7.05 Å². The molecule has 26 heavy (non-hydrogen) atoms. The van der Waals surface area contributed by atoms with Gasteiger partial charge in [-0.1, -0.05) is 31.2 Å². The molecule has 0 fully saturated rings. The van der Waals surface area contributed by atoms with Crippen molar-refractivity contribution in [3.8, 4) is 11.4 Å². The fourth-order valence-electron chi connectivity index (χ4n) is 2.72. The molecular formula is C18H18N4O4. The topological polar surface area (TPSA) is 110 Å². The maximum Gasteiger partial charge on any atom is 0.332 e. The van der Waals surface area contributed by atoms with Crippen LogP contribution in [0.25, 0.3) is 28.6 Å². The van der Waals surface area contributed by atoms with Gasteiger partial charge >= 0.3 is 11.7 Å². The van der Waals surface area contributed by atoms with Crippen LogP contribution in [0.4, 0.5) is 0 Å². The average molecular weight is 354 g/mol. The molecule has 0 saturated carbocycles. The third-order valence-corrected chi connectivity index (χ3v) is 4.03. The normalized spacial score (nSPS) is 11.5. The van der Waals surface area contributed by atoms with Crippen molar-refractivity contribution < 1.29 is 9.90 Å². The highest BCUT2D eigenvalue weighted by Crippen LogP contribution is 2.19. The Bertz CT molecular complexity index is 1120. The third-order valence-electron chi connectivity index (χ3n) is 4.03. The molecule has 1 aromatic carbocycles. The molecule has 3 aromatic rings. The first kappa shape index (κ1) is 17.4. The van der Waals surface area contributed by atoms with Gasteiger partial charge < -0.3 is 10.1 Å². The zero-order valence-corrected chi connectivity index (χ0v) is 14.4. The van der Waals surface area contributed by atoms with Gasteiger partial charge in [-0.2, -0.15) is 0 Å². The Kier molecular flexibility index (Phi) is 4.57. The molecule has 8 nitrogen and oxygen atoms in total. The van der Waals surface area contributed by atoms with Crippen LogP contribution in [0.1, 0.15) is 18.9 Å². The predicted molar refractivity (Wildman–Crippen MR) is 98.0 cm³/mol. The summed E-state index contributed by atoms with van der Waals surface area (Å²) < 4.78 is 2.56. The summed E-state index contributed by atoms with van der Waals surface area (Å²) in [6.07, 6.45) is 3.28. The highest BCUT2D eigenvalue weighted by Gasteiger charge is 2.15. The number of carboxylic acids is 1. The Morgan fingerprint density at radius 3 is 2.58 bits per heavy atom. The van der Waals surface area contributed by atoms with Gasteiger partial charge in [-0.25, -0.2) is 14.6 Å². The molecule has 2 heterocycles. The smallest absolute Gasteiger partial charge is 0.332 e. The Balaban J connectivity index is 2.11. The van der Waals surface area contributed by atoms with E-state index in [-0.39, 0.29) is 5.52 Å². The second-order valence-electron chi connectivity index (χ2n) is 5.88. The van der Waals surface area contributed by atoms with E-state index in [4.69, 9.17) is 5.11 Å². The maximum absolute atomic E-state index is 12.4. The molecule has 2 N–H and O–H groups in total. The molecule has 2 aromatic heterocycles. The summed E-state index contributed by atoms with van der Waals surface area (Å²) >= 11 is 0. The number of hydrogen-bond acceptors (Lipinski definition) is 4. The van der Waals surface area contributed by atoms with Crippen LogP contribution in [0.3, 0.4) is 0 Å². The van der Waals surface area contributed by atoms with Crippen LogP contribution in [-0.4, -0.2) is 30.2 Å².